The molecule has 1 saturated heterocycles. The monoisotopic (exact) mass is 566 g/mol. The number of imidazole rings is 1. The number of amides is 1. The molecule has 1 amide bonds. The van der Waals surface area contributed by atoms with Gasteiger partial charge in [0.2, 0.25) is 0 Å². The Morgan fingerprint density at radius 1 is 0.829 bits per heavy atom. The third-order valence-corrected chi connectivity index (χ3v) is 7.93. The van der Waals surface area contributed by atoms with Crippen LogP contribution in [0.5, 0.6) is 0 Å². The Bertz CT molecular complexity index is 1740. The van der Waals surface area contributed by atoms with Crippen molar-refractivity contribution in [3.63, 3.8) is 0 Å². The van der Waals surface area contributed by atoms with Crippen LogP contribution in [0.3, 0.4) is 0 Å². The fraction of sp³-hybridized carbons (Fsp3) is 0.182. The van der Waals surface area contributed by atoms with Gasteiger partial charge >= 0.3 is 0 Å². The number of halogens is 2. The molecule has 8 heteroatoms. The summed E-state index contributed by atoms with van der Waals surface area (Å²) in [7, 11) is 0. The third kappa shape index (κ3) is 5.51. The molecule has 0 spiro atoms. The molecule has 1 aliphatic rings. The number of rotatable bonds is 6. The predicted molar refractivity (Wildman–Crippen MR) is 159 cm³/mol. The molecule has 1 aliphatic heterocycles. The zero-order valence-electron chi connectivity index (χ0n) is 22.6. The number of piperazine rings is 1. The summed E-state index contributed by atoms with van der Waals surface area (Å²) in [4.78, 5) is 33.9. The number of aromatic nitrogens is 2. The van der Waals surface area contributed by atoms with Gasteiger partial charge in [0.05, 0.1) is 22.0 Å². The lowest BCUT2D eigenvalue weighted by Crippen LogP contribution is -2.48. The average Bonchev–Trinajstić information content (AvgIpc) is 3.35. The Balaban J connectivity index is 1.30. The van der Waals surface area contributed by atoms with Gasteiger partial charge in [-0.25, -0.2) is 9.37 Å². The van der Waals surface area contributed by atoms with E-state index < -0.39 is 0 Å². The van der Waals surface area contributed by atoms with Gasteiger partial charge in [0.25, 0.3) is 5.91 Å². The molecule has 6 nitrogen and oxygen atoms in total. The van der Waals surface area contributed by atoms with E-state index in [-0.39, 0.29) is 17.5 Å². The van der Waals surface area contributed by atoms with Crippen molar-refractivity contribution in [1.82, 2.24) is 19.2 Å². The lowest BCUT2D eigenvalue weighted by molar-refractivity contribution is 0.0627. The molecule has 0 saturated carbocycles. The van der Waals surface area contributed by atoms with Crippen LogP contribution >= 0.6 is 11.6 Å². The van der Waals surface area contributed by atoms with Crippen LogP contribution in [0.25, 0.3) is 28.0 Å². The van der Waals surface area contributed by atoms with Crippen LogP contribution < -0.4 is 0 Å². The molecular weight excluding hydrogens is 539 g/mol. The highest BCUT2D eigenvalue weighted by Gasteiger charge is 2.25. The van der Waals surface area contributed by atoms with Gasteiger partial charge in [-0.3, -0.25) is 14.5 Å². The molecule has 6 rings (SSSR count). The van der Waals surface area contributed by atoms with E-state index in [9.17, 15) is 14.0 Å². The van der Waals surface area contributed by atoms with Gasteiger partial charge < -0.3 is 9.30 Å². The summed E-state index contributed by atoms with van der Waals surface area (Å²) in [6.07, 6.45) is 2.06. The minimum absolute atomic E-state index is 0.0292. The molecule has 3 heterocycles. The second-order valence-electron chi connectivity index (χ2n) is 10.2. The molecule has 3 aromatic carbocycles. The van der Waals surface area contributed by atoms with Crippen molar-refractivity contribution < 1.29 is 14.0 Å². The summed E-state index contributed by atoms with van der Waals surface area (Å²) in [6.45, 7) is 4.72. The van der Waals surface area contributed by atoms with E-state index >= 15 is 0 Å². The Kier molecular flexibility index (Phi) is 7.39. The van der Waals surface area contributed by atoms with Gasteiger partial charge in [0, 0.05) is 50.0 Å². The number of benzene rings is 3. The molecule has 0 unspecified atom stereocenters. The van der Waals surface area contributed by atoms with Gasteiger partial charge in [-0.15, -0.1) is 0 Å². The van der Waals surface area contributed by atoms with Crippen LogP contribution in [0.1, 0.15) is 33.3 Å². The molecule has 1 fully saturated rings. The van der Waals surface area contributed by atoms with Gasteiger partial charge in [0.15, 0.2) is 5.78 Å². The van der Waals surface area contributed by atoms with Crippen LogP contribution in [-0.4, -0.2) is 57.1 Å². The fourth-order valence-electron chi connectivity index (χ4n) is 5.28. The van der Waals surface area contributed by atoms with Gasteiger partial charge in [-0.2, -0.15) is 0 Å². The molecule has 2 aromatic heterocycles. The molecule has 0 aliphatic carbocycles. The summed E-state index contributed by atoms with van der Waals surface area (Å²) in [5.74, 6) is -0.325. The smallest absolute Gasteiger partial charge is 0.255 e. The van der Waals surface area contributed by atoms with E-state index in [1.165, 1.54) is 12.1 Å². The van der Waals surface area contributed by atoms with E-state index in [2.05, 4.69) is 15.5 Å². The van der Waals surface area contributed by atoms with E-state index in [4.69, 9.17) is 16.6 Å². The molecule has 5 aromatic rings. The first-order valence-corrected chi connectivity index (χ1v) is 13.9. The van der Waals surface area contributed by atoms with Crippen LogP contribution in [0.15, 0.2) is 91.1 Å². The Morgan fingerprint density at radius 2 is 1.49 bits per heavy atom. The first-order chi connectivity index (χ1) is 19.9. The number of nitrogens with zero attached hydrogens (tertiary/aromatic N) is 4. The van der Waals surface area contributed by atoms with Crippen molar-refractivity contribution >= 4 is 28.9 Å². The lowest BCUT2D eigenvalue weighted by atomic mass is 10.0. The maximum absolute atomic E-state index is 13.8. The number of carbonyl (C=O) groups excluding carboxylic acids is 2. The molecule has 41 heavy (non-hydrogen) atoms. The Hall–Kier alpha value is -4.33. The first kappa shape index (κ1) is 26.9. The molecule has 0 atom stereocenters. The second-order valence-corrected chi connectivity index (χ2v) is 10.6. The zero-order valence-corrected chi connectivity index (χ0v) is 23.3. The van der Waals surface area contributed by atoms with Crippen LogP contribution in [0.2, 0.25) is 5.02 Å². The van der Waals surface area contributed by atoms with Crippen molar-refractivity contribution in [3.8, 4) is 22.4 Å². The number of carbonyl (C=O) groups is 2. The minimum atomic E-state index is -0.297. The standard InChI is InChI=1S/C33H28ClFN4O2/c1-22(40)23-6-8-24(9-7-23)26-12-15-31-36-32(25-10-13-27(35)14-11-25)30(39(31)20-26)21-37-16-18-38(19-17-37)33(41)28-4-2-3-5-29(28)34/h2-15,20H,16-19,21H2,1H3. The first-order valence-electron chi connectivity index (χ1n) is 13.5. The summed E-state index contributed by atoms with van der Waals surface area (Å²) >= 11 is 6.28. The van der Waals surface area contributed by atoms with Gasteiger partial charge in [0.1, 0.15) is 11.5 Å². The van der Waals surface area contributed by atoms with Gasteiger partial charge in [-0.1, -0.05) is 48.0 Å². The van der Waals surface area contributed by atoms with E-state index in [1.807, 2.05) is 53.4 Å². The highest BCUT2D eigenvalue weighted by atomic mass is 35.5. The van der Waals surface area contributed by atoms with Crippen molar-refractivity contribution in [2.24, 2.45) is 0 Å². The van der Waals surface area contributed by atoms with Crippen molar-refractivity contribution in [2.75, 3.05) is 26.2 Å². The molecule has 0 bridgehead atoms. The largest absolute Gasteiger partial charge is 0.336 e. The minimum Gasteiger partial charge on any atom is -0.336 e. The number of hydrogen-bond acceptors (Lipinski definition) is 4. The topological polar surface area (TPSA) is 57.9 Å². The molecule has 0 radical (unpaired) electrons. The van der Waals surface area contributed by atoms with Crippen molar-refractivity contribution in [1.29, 1.82) is 0 Å². The third-order valence-electron chi connectivity index (χ3n) is 7.60. The maximum Gasteiger partial charge on any atom is 0.255 e. The van der Waals surface area contributed by atoms with Crippen LogP contribution in [0.4, 0.5) is 4.39 Å². The normalized spacial score (nSPS) is 14.0. The SMILES string of the molecule is CC(=O)c1ccc(-c2ccc3nc(-c4ccc(F)cc4)c(CN4CCN(C(=O)c5ccccc5Cl)CC4)n3c2)cc1. The molecular formula is C33H28ClFN4O2. The number of ketones is 1. The highest BCUT2D eigenvalue weighted by Crippen LogP contribution is 2.29. The summed E-state index contributed by atoms with van der Waals surface area (Å²) in [5.41, 5.74) is 6.58. The second kappa shape index (κ2) is 11.3. The lowest BCUT2D eigenvalue weighted by Gasteiger charge is -2.35. The maximum atomic E-state index is 13.8. The highest BCUT2D eigenvalue weighted by molar-refractivity contribution is 6.33. The molecule has 0 N–H and O–H groups in total. The fourth-order valence-corrected chi connectivity index (χ4v) is 5.49. The average molecular weight is 567 g/mol. The summed E-state index contributed by atoms with van der Waals surface area (Å²) < 4.78 is 15.8. The van der Waals surface area contributed by atoms with Crippen molar-refractivity contribution in [2.45, 2.75) is 13.5 Å². The Morgan fingerprint density at radius 3 is 2.17 bits per heavy atom. The van der Waals surface area contributed by atoms with Crippen molar-refractivity contribution in [3.05, 3.63) is 119 Å². The summed E-state index contributed by atoms with van der Waals surface area (Å²) in [5, 5.41) is 0.460. The number of fused-ring (bicyclic) bond motifs is 1. The van der Waals surface area contributed by atoms with Crippen LogP contribution in [-0.2, 0) is 6.54 Å². The predicted octanol–water partition coefficient (Wildman–Crippen LogP) is 6.62. The van der Waals surface area contributed by atoms with Crippen LogP contribution in [0, 0.1) is 5.82 Å². The number of pyridine rings is 1. The zero-order chi connectivity index (χ0) is 28.5. The number of hydrogen-bond donors (Lipinski definition) is 0. The van der Waals surface area contributed by atoms with E-state index in [0.717, 1.165) is 33.7 Å². The van der Waals surface area contributed by atoms with E-state index in [1.54, 1.807) is 31.2 Å². The molecule has 206 valence electrons. The van der Waals surface area contributed by atoms with E-state index in [0.29, 0.717) is 48.9 Å². The summed E-state index contributed by atoms with van der Waals surface area (Å²) in [6, 6.07) is 25.1. The van der Waals surface area contributed by atoms with Gasteiger partial charge in [-0.05, 0) is 66.6 Å². The Labute approximate surface area is 242 Å². The quantitative estimate of drug-likeness (QED) is 0.217. The number of Topliss-reactive ketones (excluding diaryl/α,β-unsaturated/α-hetero) is 1.